The molecule has 2 atom stereocenters. The first-order chi connectivity index (χ1) is 19.4. The van der Waals surface area contributed by atoms with E-state index in [0.717, 1.165) is 24.0 Å². The third-order valence-corrected chi connectivity index (χ3v) is 6.97. The Bertz CT molecular complexity index is 1320. The molecule has 0 aromatic heterocycles. The van der Waals surface area contributed by atoms with Crippen LogP contribution in [0.15, 0.2) is 97.1 Å². The third kappa shape index (κ3) is 7.29. The van der Waals surface area contributed by atoms with Crippen molar-refractivity contribution in [1.29, 1.82) is 0 Å². The van der Waals surface area contributed by atoms with Gasteiger partial charge >= 0.3 is 11.9 Å². The number of esters is 2. The summed E-state index contributed by atoms with van der Waals surface area (Å²) in [5.41, 5.74) is 3.15. The summed E-state index contributed by atoms with van der Waals surface area (Å²) in [5.74, 6) is 1.67. The number of methoxy groups -OCH3 is 2. The zero-order valence-electron chi connectivity index (χ0n) is 23.3. The van der Waals surface area contributed by atoms with Gasteiger partial charge in [-0.25, -0.2) is 9.59 Å². The minimum atomic E-state index is -0.426. The summed E-state index contributed by atoms with van der Waals surface area (Å²) in [4.78, 5) is 25.0. The Hall–Kier alpha value is -4.58. The van der Waals surface area contributed by atoms with Crippen molar-refractivity contribution in [2.75, 3.05) is 14.2 Å². The lowest BCUT2D eigenvalue weighted by Crippen LogP contribution is -2.14. The average Bonchev–Trinajstić information content (AvgIpc) is 2.99. The molecule has 0 saturated carbocycles. The van der Waals surface area contributed by atoms with E-state index < -0.39 is 11.9 Å². The van der Waals surface area contributed by atoms with Crippen molar-refractivity contribution < 1.29 is 28.5 Å². The first-order valence-electron chi connectivity index (χ1n) is 13.3. The molecular formula is C34H34O6. The summed E-state index contributed by atoms with van der Waals surface area (Å²) in [5, 5.41) is 0. The van der Waals surface area contributed by atoms with Gasteiger partial charge in [0.2, 0.25) is 0 Å². The lowest BCUT2D eigenvalue weighted by molar-refractivity contribution is 0.0720. The van der Waals surface area contributed by atoms with Crippen molar-refractivity contribution >= 4 is 11.9 Å². The first-order valence-corrected chi connectivity index (χ1v) is 13.3. The standard InChI is InChI=1S/C34H34O6/c1-23(19-25-15-17-29(31(21-25)37-3)39-33(35)27-11-7-5-8-12-27)24(2)20-26-16-18-30(32(22-26)38-4)40-34(36)28-13-9-6-10-14-28/h5-18,21-24H,19-20H2,1-4H3/t23-,24+. The maximum atomic E-state index is 12.5. The van der Waals surface area contributed by atoms with Gasteiger partial charge in [0.05, 0.1) is 25.3 Å². The average molecular weight is 539 g/mol. The molecule has 0 spiro atoms. The first kappa shape index (κ1) is 28.4. The highest BCUT2D eigenvalue weighted by Gasteiger charge is 2.18. The van der Waals surface area contributed by atoms with E-state index in [9.17, 15) is 9.59 Å². The summed E-state index contributed by atoms with van der Waals surface area (Å²) < 4.78 is 22.2. The molecule has 0 fully saturated rings. The second kappa shape index (κ2) is 13.5. The van der Waals surface area contributed by atoms with E-state index in [0.29, 0.717) is 46.0 Å². The van der Waals surface area contributed by atoms with Gasteiger partial charge in [-0.2, -0.15) is 0 Å². The van der Waals surface area contributed by atoms with Crippen LogP contribution in [0.1, 0.15) is 45.7 Å². The highest BCUT2D eigenvalue weighted by Crippen LogP contribution is 2.33. The predicted octanol–water partition coefficient (Wildman–Crippen LogP) is 7.20. The molecule has 0 radical (unpaired) electrons. The number of hydrogen-bond acceptors (Lipinski definition) is 6. The Morgan fingerprint density at radius 2 is 0.925 bits per heavy atom. The molecule has 4 aromatic rings. The third-order valence-electron chi connectivity index (χ3n) is 6.97. The summed E-state index contributed by atoms with van der Waals surface area (Å²) in [6.45, 7) is 4.43. The van der Waals surface area contributed by atoms with Crippen molar-refractivity contribution in [2.45, 2.75) is 26.7 Å². The van der Waals surface area contributed by atoms with Gasteiger partial charge in [-0.05, 0) is 84.3 Å². The largest absolute Gasteiger partial charge is 0.493 e. The van der Waals surface area contributed by atoms with E-state index in [2.05, 4.69) is 13.8 Å². The number of carbonyl (C=O) groups excluding carboxylic acids is 2. The van der Waals surface area contributed by atoms with Gasteiger partial charge in [0.1, 0.15) is 0 Å². The minimum Gasteiger partial charge on any atom is -0.493 e. The van der Waals surface area contributed by atoms with Crippen LogP contribution in [0.2, 0.25) is 0 Å². The summed E-state index contributed by atoms with van der Waals surface area (Å²) in [6.07, 6.45) is 1.66. The molecule has 206 valence electrons. The fraction of sp³-hybridized carbons (Fsp3) is 0.235. The molecule has 0 bridgehead atoms. The molecule has 0 amide bonds. The van der Waals surface area contributed by atoms with Crippen LogP contribution < -0.4 is 18.9 Å². The normalized spacial score (nSPS) is 12.2. The van der Waals surface area contributed by atoms with Crippen molar-refractivity contribution in [1.82, 2.24) is 0 Å². The fourth-order valence-electron chi connectivity index (χ4n) is 4.46. The molecule has 6 nitrogen and oxygen atoms in total. The van der Waals surface area contributed by atoms with Gasteiger partial charge < -0.3 is 18.9 Å². The number of hydrogen-bond donors (Lipinski definition) is 0. The van der Waals surface area contributed by atoms with Gasteiger partial charge in [0.15, 0.2) is 23.0 Å². The number of ether oxygens (including phenoxy) is 4. The summed E-state index contributed by atoms with van der Waals surface area (Å²) in [6, 6.07) is 29.1. The van der Waals surface area contributed by atoms with Crippen LogP contribution in [0.5, 0.6) is 23.0 Å². The van der Waals surface area contributed by atoms with E-state index >= 15 is 0 Å². The van der Waals surface area contributed by atoms with Crippen LogP contribution in [0.3, 0.4) is 0 Å². The second-order valence-electron chi connectivity index (χ2n) is 9.84. The SMILES string of the molecule is COc1cc(C[C@@H](C)[C@@H](C)Cc2ccc(OC(=O)c3ccccc3)c(OC)c2)ccc1OC(=O)c1ccccc1. The molecule has 4 rings (SSSR count). The summed E-state index contributed by atoms with van der Waals surface area (Å²) in [7, 11) is 3.14. The Morgan fingerprint density at radius 1 is 0.550 bits per heavy atom. The lowest BCUT2D eigenvalue weighted by Gasteiger charge is -2.21. The van der Waals surface area contributed by atoms with Gasteiger partial charge in [0.25, 0.3) is 0 Å². The molecule has 40 heavy (non-hydrogen) atoms. The fourth-order valence-corrected chi connectivity index (χ4v) is 4.46. The van der Waals surface area contributed by atoms with E-state index in [4.69, 9.17) is 18.9 Å². The Balaban J connectivity index is 1.38. The van der Waals surface area contributed by atoms with Crippen LogP contribution in [0.25, 0.3) is 0 Å². The summed E-state index contributed by atoms with van der Waals surface area (Å²) >= 11 is 0. The molecule has 0 unspecified atom stereocenters. The van der Waals surface area contributed by atoms with Crippen molar-refractivity contribution in [2.24, 2.45) is 11.8 Å². The molecule has 0 aliphatic heterocycles. The van der Waals surface area contributed by atoms with Crippen molar-refractivity contribution in [3.63, 3.8) is 0 Å². The highest BCUT2D eigenvalue weighted by molar-refractivity contribution is 5.91. The molecular weight excluding hydrogens is 504 g/mol. The van der Waals surface area contributed by atoms with Crippen LogP contribution in [0.4, 0.5) is 0 Å². The van der Waals surface area contributed by atoms with Crippen LogP contribution in [0, 0.1) is 11.8 Å². The predicted molar refractivity (Wildman–Crippen MR) is 155 cm³/mol. The van der Waals surface area contributed by atoms with E-state index in [-0.39, 0.29) is 0 Å². The van der Waals surface area contributed by atoms with Crippen LogP contribution in [-0.2, 0) is 12.8 Å². The molecule has 6 heteroatoms. The van der Waals surface area contributed by atoms with Crippen molar-refractivity contribution in [3.8, 4) is 23.0 Å². The topological polar surface area (TPSA) is 71.1 Å². The maximum absolute atomic E-state index is 12.5. The smallest absolute Gasteiger partial charge is 0.343 e. The molecule has 4 aromatic carbocycles. The van der Waals surface area contributed by atoms with Gasteiger partial charge in [0, 0.05) is 0 Å². The Kier molecular flexibility index (Phi) is 9.57. The van der Waals surface area contributed by atoms with E-state index in [1.807, 2.05) is 36.4 Å². The quantitative estimate of drug-likeness (QED) is 0.149. The zero-order chi connectivity index (χ0) is 28.5. The number of rotatable bonds is 11. The van der Waals surface area contributed by atoms with E-state index in [1.54, 1.807) is 74.9 Å². The van der Waals surface area contributed by atoms with Crippen LogP contribution in [-0.4, -0.2) is 26.2 Å². The molecule has 0 N–H and O–H groups in total. The minimum absolute atomic E-state index is 0.351. The van der Waals surface area contributed by atoms with Crippen molar-refractivity contribution in [3.05, 3.63) is 119 Å². The molecule has 0 aliphatic rings. The second-order valence-corrected chi connectivity index (χ2v) is 9.84. The van der Waals surface area contributed by atoms with Gasteiger partial charge in [-0.15, -0.1) is 0 Å². The maximum Gasteiger partial charge on any atom is 0.343 e. The zero-order valence-corrected chi connectivity index (χ0v) is 23.3. The number of carbonyl (C=O) groups is 2. The lowest BCUT2D eigenvalue weighted by atomic mass is 9.85. The monoisotopic (exact) mass is 538 g/mol. The molecule has 0 saturated heterocycles. The van der Waals surface area contributed by atoms with Crippen LogP contribution >= 0.6 is 0 Å². The molecule has 0 heterocycles. The van der Waals surface area contributed by atoms with Gasteiger partial charge in [-0.1, -0.05) is 62.4 Å². The Labute approximate surface area is 235 Å². The Morgan fingerprint density at radius 3 is 1.27 bits per heavy atom. The van der Waals surface area contributed by atoms with Gasteiger partial charge in [-0.3, -0.25) is 0 Å². The highest BCUT2D eigenvalue weighted by atomic mass is 16.6. The number of benzene rings is 4. The van der Waals surface area contributed by atoms with E-state index in [1.165, 1.54) is 0 Å². The molecule has 0 aliphatic carbocycles.